The van der Waals surface area contributed by atoms with Crippen LogP contribution in [0.1, 0.15) is 10.8 Å². The highest BCUT2D eigenvalue weighted by molar-refractivity contribution is 9.10. The van der Waals surface area contributed by atoms with Crippen LogP contribution in [0.2, 0.25) is 0 Å². The minimum atomic E-state index is -1.19. The lowest BCUT2D eigenvalue weighted by molar-refractivity contribution is -0.131. The number of hydrogen-bond acceptors (Lipinski definition) is 4. The van der Waals surface area contributed by atoms with Gasteiger partial charge in [0, 0.05) is 27.2 Å². The summed E-state index contributed by atoms with van der Waals surface area (Å²) in [4.78, 5) is 36.2. The molecule has 3 N–H and O–H groups in total. The monoisotopic (exact) mass is 510 g/mol. The number of carbonyl (C=O) groups is 3. The summed E-state index contributed by atoms with van der Waals surface area (Å²) in [7, 11) is 0. The average Bonchev–Trinajstić information content (AvgIpc) is 2.79. The topological polar surface area (TPSA) is 95.5 Å². The zero-order valence-corrected chi connectivity index (χ0v) is 19.1. The molecule has 0 radical (unpaired) electrons. The number of hydrogen-bond donors (Lipinski definition) is 3. The molecule has 3 aromatic rings. The van der Waals surface area contributed by atoms with Crippen LogP contribution in [0.3, 0.4) is 0 Å². The molecule has 0 heterocycles. The van der Waals surface area contributed by atoms with Crippen LogP contribution >= 0.6 is 27.7 Å². The average molecular weight is 511 g/mol. The lowest BCUT2D eigenvalue weighted by Crippen LogP contribution is -2.19. The number of amides is 2. The maximum Gasteiger partial charge on any atom is 0.328 e. The standard InChI is InChI=1S/C24H19BrN2O4S/c25-19-8-4-5-9-20(19)27-24(31)23(16-6-2-1-3-7-16)32-18-12-10-17(11-13-18)26-21(28)14-15-22(29)30/h1-15,23H,(H,26,28)(H,27,31)(H,29,30)/b15-14+. The molecule has 0 aliphatic rings. The molecule has 162 valence electrons. The zero-order chi connectivity index (χ0) is 22.9. The Labute approximate surface area is 197 Å². The van der Waals surface area contributed by atoms with Gasteiger partial charge in [-0.3, -0.25) is 9.59 Å². The van der Waals surface area contributed by atoms with Gasteiger partial charge in [0.05, 0.1) is 5.69 Å². The molecule has 0 spiro atoms. The Balaban J connectivity index is 1.75. The van der Waals surface area contributed by atoms with Gasteiger partial charge in [0.25, 0.3) is 0 Å². The largest absolute Gasteiger partial charge is 0.478 e. The van der Waals surface area contributed by atoms with Crippen molar-refractivity contribution >= 4 is 56.9 Å². The van der Waals surface area contributed by atoms with Crippen LogP contribution in [-0.2, 0) is 14.4 Å². The second kappa shape index (κ2) is 11.3. The molecule has 1 unspecified atom stereocenters. The first kappa shape index (κ1) is 23.3. The zero-order valence-electron chi connectivity index (χ0n) is 16.7. The number of benzene rings is 3. The van der Waals surface area contributed by atoms with E-state index in [0.717, 1.165) is 27.1 Å². The molecule has 0 aliphatic carbocycles. The second-order valence-electron chi connectivity index (χ2n) is 6.56. The molecule has 1 atom stereocenters. The highest BCUT2D eigenvalue weighted by Crippen LogP contribution is 2.37. The predicted octanol–water partition coefficient (Wildman–Crippen LogP) is 5.50. The third kappa shape index (κ3) is 6.83. The molecule has 3 aromatic carbocycles. The summed E-state index contributed by atoms with van der Waals surface area (Å²) < 4.78 is 0.794. The van der Waals surface area contributed by atoms with Crippen molar-refractivity contribution in [3.8, 4) is 0 Å². The summed E-state index contributed by atoms with van der Waals surface area (Å²) in [6.45, 7) is 0. The number of thioether (sulfide) groups is 1. The number of anilines is 2. The summed E-state index contributed by atoms with van der Waals surface area (Å²) in [6.07, 6.45) is 1.72. The highest BCUT2D eigenvalue weighted by Gasteiger charge is 2.22. The summed E-state index contributed by atoms with van der Waals surface area (Å²) in [5.41, 5.74) is 2.06. The van der Waals surface area contributed by atoms with Crippen LogP contribution in [0, 0.1) is 0 Å². The van der Waals surface area contributed by atoms with E-state index in [-0.39, 0.29) is 5.91 Å². The van der Waals surface area contributed by atoms with Crippen molar-refractivity contribution < 1.29 is 19.5 Å². The van der Waals surface area contributed by atoms with Gasteiger partial charge in [-0.15, -0.1) is 11.8 Å². The molecular formula is C24H19BrN2O4S. The van der Waals surface area contributed by atoms with Crippen LogP contribution in [0.25, 0.3) is 0 Å². The van der Waals surface area contributed by atoms with Gasteiger partial charge in [0.2, 0.25) is 11.8 Å². The van der Waals surface area contributed by atoms with Crippen molar-refractivity contribution in [1.29, 1.82) is 0 Å². The third-order valence-corrected chi connectivity index (χ3v) is 6.18. The summed E-state index contributed by atoms with van der Waals surface area (Å²) in [5, 5.41) is 13.7. The number of carboxylic acids is 1. The fourth-order valence-electron chi connectivity index (χ4n) is 2.75. The molecule has 2 amide bonds. The number of carbonyl (C=O) groups excluding carboxylic acids is 2. The van der Waals surface area contributed by atoms with E-state index < -0.39 is 17.1 Å². The SMILES string of the molecule is O=C(O)/C=C/C(=O)Nc1ccc(SC(C(=O)Nc2ccccc2Br)c2ccccc2)cc1. The fraction of sp³-hybridized carbons (Fsp3) is 0.0417. The molecule has 32 heavy (non-hydrogen) atoms. The van der Waals surface area contributed by atoms with Crippen molar-refractivity contribution in [3.63, 3.8) is 0 Å². The number of para-hydroxylation sites is 1. The predicted molar refractivity (Wildman–Crippen MR) is 130 cm³/mol. The molecule has 0 saturated heterocycles. The van der Waals surface area contributed by atoms with Crippen LogP contribution in [0.15, 0.2) is 100 Å². The van der Waals surface area contributed by atoms with Gasteiger partial charge in [-0.25, -0.2) is 4.79 Å². The maximum atomic E-state index is 13.1. The molecule has 3 rings (SSSR count). The fourth-order valence-corrected chi connectivity index (χ4v) is 4.15. The Morgan fingerprint density at radius 3 is 2.16 bits per heavy atom. The summed E-state index contributed by atoms with van der Waals surface area (Å²) in [6, 6.07) is 23.9. The lowest BCUT2D eigenvalue weighted by Gasteiger charge is -2.18. The molecule has 0 fully saturated rings. The number of aliphatic carboxylic acids is 1. The minimum Gasteiger partial charge on any atom is -0.478 e. The molecular weight excluding hydrogens is 492 g/mol. The first-order valence-electron chi connectivity index (χ1n) is 9.51. The quantitative estimate of drug-likeness (QED) is 0.274. The van der Waals surface area contributed by atoms with Crippen molar-refractivity contribution in [2.45, 2.75) is 10.1 Å². The lowest BCUT2D eigenvalue weighted by atomic mass is 10.1. The van der Waals surface area contributed by atoms with Gasteiger partial charge in [0.15, 0.2) is 0 Å². The molecule has 0 aromatic heterocycles. The van der Waals surface area contributed by atoms with Gasteiger partial charge in [-0.05, 0) is 57.9 Å². The minimum absolute atomic E-state index is 0.163. The van der Waals surface area contributed by atoms with Gasteiger partial charge in [-0.2, -0.15) is 0 Å². The van der Waals surface area contributed by atoms with Crippen LogP contribution in [0.5, 0.6) is 0 Å². The Morgan fingerprint density at radius 2 is 1.50 bits per heavy atom. The smallest absolute Gasteiger partial charge is 0.328 e. The number of nitrogens with one attached hydrogen (secondary N) is 2. The number of halogens is 1. The van der Waals surface area contributed by atoms with Crippen molar-refractivity contribution in [3.05, 3.63) is 101 Å². The molecule has 6 nitrogen and oxygen atoms in total. The van der Waals surface area contributed by atoms with Crippen LogP contribution in [0.4, 0.5) is 11.4 Å². The Kier molecular flexibility index (Phi) is 8.24. The van der Waals surface area contributed by atoms with E-state index in [4.69, 9.17) is 5.11 Å². The molecule has 0 bridgehead atoms. The first-order chi connectivity index (χ1) is 15.4. The third-order valence-electron chi connectivity index (χ3n) is 4.23. The van der Waals surface area contributed by atoms with E-state index in [9.17, 15) is 14.4 Å². The molecule has 0 saturated carbocycles. The van der Waals surface area contributed by atoms with E-state index in [1.165, 1.54) is 11.8 Å². The first-order valence-corrected chi connectivity index (χ1v) is 11.2. The van der Waals surface area contributed by atoms with Gasteiger partial charge >= 0.3 is 5.97 Å². The summed E-state index contributed by atoms with van der Waals surface area (Å²) >= 11 is 4.84. The molecule has 8 heteroatoms. The van der Waals surface area contributed by atoms with Crippen molar-refractivity contribution in [1.82, 2.24) is 0 Å². The van der Waals surface area contributed by atoms with E-state index in [2.05, 4.69) is 26.6 Å². The van der Waals surface area contributed by atoms with E-state index >= 15 is 0 Å². The van der Waals surface area contributed by atoms with Crippen LogP contribution in [-0.4, -0.2) is 22.9 Å². The van der Waals surface area contributed by atoms with Crippen LogP contribution < -0.4 is 10.6 Å². The highest BCUT2D eigenvalue weighted by atomic mass is 79.9. The van der Waals surface area contributed by atoms with Gasteiger partial charge < -0.3 is 15.7 Å². The maximum absolute atomic E-state index is 13.1. The Hall–Kier alpha value is -3.36. The molecule has 0 aliphatic heterocycles. The number of carboxylic acid groups (broad SMARTS) is 1. The van der Waals surface area contributed by atoms with Gasteiger partial charge in [-0.1, -0.05) is 42.5 Å². The van der Waals surface area contributed by atoms with E-state index in [0.29, 0.717) is 11.4 Å². The van der Waals surface area contributed by atoms with Crippen molar-refractivity contribution in [2.24, 2.45) is 0 Å². The van der Waals surface area contributed by atoms with E-state index in [1.807, 2.05) is 54.6 Å². The van der Waals surface area contributed by atoms with E-state index in [1.54, 1.807) is 24.3 Å². The number of rotatable bonds is 8. The normalized spacial score (nSPS) is 11.7. The Bertz CT molecular complexity index is 1130. The second-order valence-corrected chi connectivity index (χ2v) is 8.60. The van der Waals surface area contributed by atoms with Gasteiger partial charge in [0.1, 0.15) is 5.25 Å². The Morgan fingerprint density at radius 1 is 0.844 bits per heavy atom. The summed E-state index contributed by atoms with van der Waals surface area (Å²) in [5.74, 6) is -1.90. The van der Waals surface area contributed by atoms with Crippen molar-refractivity contribution in [2.75, 3.05) is 10.6 Å².